The van der Waals surface area contributed by atoms with Crippen molar-refractivity contribution >= 4 is 5.69 Å². The van der Waals surface area contributed by atoms with Crippen LogP contribution in [0.4, 0.5) is 5.69 Å². The minimum Gasteiger partial charge on any atom is -0.384 e. The largest absolute Gasteiger partial charge is 0.384 e. The van der Waals surface area contributed by atoms with Crippen LogP contribution in [0.2, 0.25) is 0 Å². The van der Waals surface area contributed by atoms with Gasteiger partial charge in [-0.1, -0.05) is 37.5 Å². The smallest absolute Gasteiger partial charge is 0.0340 e. The van der Waals surface area contributed by atoms with E-state index in [4.69, 9.17) is 0 Å². The van der Waals surface area contributed by atoms with E-state index in [1.165, 1.54) is 37.8 Å². The van der Waals surface area contributed by atoms with Crippen molar-refractivity contribution in [2.24, 2.45) is 0 Å². The van der Waals surface area contributed by atoms with Crippen LogP contribution in [-0.4, -0.2) is 18.6 Å². The third-order valence-corrected chi connectivity index (χ3v) is 3.74. The van der Waals surface area contributed by atoms with E-state index in [0.29, 0.717) is 5.54 Å². The van der Waals surface area contributed by atoms with Crippen LogP contribution in [0, 0.1) is 0 Å². The average molecular weight is 232 g/mol. The van der Waals surface area contributed by atoms with E-state index in [1.54, 1.807) is 0 Å². The highest BCUT2D eigenvalue weighted by molar-refractivity contribution is 5.42. The highest BCUT2D eigenvalue weighted by Crippen LogP contribution is 2.27. The number of anilines is 1. The van der Waals surface area contributed by atoms with Gasteiger partial charge in [0.2, 0.25) is 0 Å². The zero-order chi connectivity index (χ0) is 12.0. The molecule has 2 nitrogen and oxygen atoms in total. The SMILES string of the molecule is CC1(NCCNc2ccccc2)CCCCC1. The highest BCUT2D eigenvalue weighted by Gasteiger charge is 2.25. The summed E-state index contributed by atoms with van der Waals surface area (Å²) in [5.74, 6) is 0. The first-order valence-corrected chi connectivity index (χ1v) is 6.82. The Morgan fingerprint density at radius 2 is 1.71 bits per heavy atom. The third-order valence-electron chi connectivity index (χ3n) is 3.74. The topological polar surface area (TPSA) is 24.1 Å². The van der Waals surface area contributed by atoms with Gasteiger partial charge in [0.25, 0.3) is 0 Å². The van der Waals surface area contributed by atoms with Gasteiger partial charge in [-0.05, 0) is 31.9 Å². The lowest BCUT2D eigenvalue weighted by Crippen LogP contribution is -2.45. The van der Waals surface area contributed by atoms with Gasteiger partial charge in [0.05, 0.1) is 0 Å². The summed E-state index contributed by atoms with van der Waals surface area (Å²) in [4.78, 5) is 0. The zero-order valence-electron chi connectivity index (χ0n) is 10.8. The van der Waals surface area contributed by atoms with Crippen molar-refractivity contribution in [3.63, 3.8) is 0 Å². The van der Waals surface area contributed by atoms with Crippen LogP contribution in [-0.2, 0) is 0 Å². The minimum absolute atomic E-state index is 0.386. The fourth-order valence-electron chi connectivity index (χ4n) is 2.64. The first-order chi connectivity index (χ1) is 8.29. The average Bonchev–Trinajstić information content (AvgIpc) is 2.37. The second kappa shape index (κ2) is 6.06. The summed E-state index contributed by atoms with van der Waals surface area (Å²) in [7, 11) is 0. The maximum atomic E-state index is 3.71. The van der Waals surface area contributed by atoms with Crippen LogP contribution < -0.4 is 10.6 Å². The molecule has 0 radical (unpaired) electrons. The molecule has 2 rings (SSSR count). The van der Waals surface area contributed by atoms with Crippen molar-refractivity contribution < 1.29 is 0 Å². The number of hydrogen-bond donors (Lipinski definition) is 2. The van der Waals surface area contributed by atoms with E-state index in [0.717, 1.165) is 13.1 Å². The van der Waals surface area contributed by atoms with Gasteiger partial charge in [-0.25, -0.2) is 0 Å². The lowest BCUT2D eigenvalue weighted by atomic mass is 9.83. The molecule has 0 aromatic heterocycles. The van der Waals surface area contributed by atoms with E-state index in [1.807, 2.05) is 6.07 Å². The predicted molar refractivity (Wildman–Crippen MR) is 74.4 cm³/mol. The summed E-state index contributed by atoms with van der Waals surface area (Å²) >= 11 is 0. The Labute approximate surface area is 105 Å². The molecule has 1 aromatic rings. The number of benzene rings is 1. The standard InChI is InChI=1S/C15H24N2/c1-15(10-6-3-7-11-15)17-13-12-16-14-8-4-2-5-9-14/h2,4-5,8-9,16-17H,3,6-7,10-13H2,1H3. The number of para-hydroxylation sites is 1. The van der Waals surface area contributed by atoms with Crippen LogP contribution in [0.25, 0.3) is 0 Å². The van der Waals surface area contributed by atoms with Crippen molar-refractivity contribution in [2.75, 3.05) is 18.4 Å². The molecule has 0 heterocycles. The molecule has 17 heavy (non-hydrogen) atoms. The van der Waals surface area contributed by atoms with Crippen molar-refractivity contribution in [3.8, 4) is 0 Å². The zero-order valence-corrected chi connectivity index (χ0v) is 10.8. The number of nitrogens with one attached hydrogen (secondary N) is 2. The maximum absolute atomic E-state index is 3.71. The summed E-state index contributed by atoms with van der Waals surface area (Å²) < 4.78 is 0. The monoisotopic (exact) mass is 232 g/mol. The lowest BCUT2D eigenvalue weighted by Gasteiger charge is -2.34. The lowest BCUT2D eigenvalue weighted by molar-refractivity contribution is 0.258. The molecule has 0 saturated heterocycles. The van der Waals surface area contributed by atoms with E-state index in [2.05, 4.69) is 41.8 Å². The molecular formula is C15H24N2. The Morgan fingerprint density at radius 1 is 1.00 bits per heavy atom. The summed E-state index contributed by atoms with van der Waals surface area (Å²) in [6.07, 6.45) is 6.85. The van der Waals surface area contributed by atoms with Gasteiger partial charge < -0.3 is 10.6 Å². The molecule has 1 aliphatic rings. The second-order valence-electron chi connectivity index (χ2n) is 5.34. The first kappa shape index (κ1) is 12.4. The van der Waals surface area contributed by atoms with Gasteiger partial charge >= 0.3 is 0 Å². The van der Waals surface area contributed by atoms with Crippen molar-refractivity contribution in [1.82, 2.24) is 5.32 Å². The Bertz CT molecular complexity index is 315. The molecule has 0 bridgehead atoms. The predicted octanol–water partition coefficient (Wildman–Crippen LogP) is 3.41. The second-order valence-corrected chi connectivity index (χ2v) is 5.34. The summed E-state index contributed by atoms with van der Waals surface area (Å²) in [5, 5.41) is 7.14. The normalized spacial score (nSPS) is 18.9. The molecule has 0 spiro atoms. The van der Waals surface area contributed by atoms with Crippen LogP contribution in [0.15, 0.2) is 30.3 Å². The molecule has 1 aromatic carbocycles. The van der Waals surface area contributed by atoms with Crippen LogP contribution >= 0.6 is 0 Å². The Balaban J connectivity index is 1.66. The van der Waals surface area contributed by atoms with Crippen LogP contribution in [0.1, 0.15) is 39.0 Å². The van der Waals surface area contributed by atoms with Gasteiger partial charge in [-0.3, -0.25) is 0 Å². The molecular weight excluding hydrogens is 208 g/mol. The summed E-state index contributed by atoms with van der Waals surface area (Å²) in [6.45, 7) is 4.42. The molecule has 2 heteroatoms. The number of rotatable bonds is 5. The molecule has 1 saturated carbocycles. The fraction of sp³-hybridized carbons (Fsp3) is 0.600. The molecule has 94 valence electrons. The van der Waals surface area contributed by atoms with Gasteiger partial charge in [-0.2, -0.15) is 0 Å². The fourth-order valence-corrected chi connectivity index (χ4v) is 2.64. The van der Waals surface area contributed by atoms with Crippen LogP contribution in [0.3, 0.4) is 0 Å². The molecule has 0 aliphatic heterocycles. The Hall–Kier alpha value is -1.02. The number of hydrogen-bond acceptors (Lipinski definition) is 2. The summed E-state index contributed by atoms with van der Waals surface area (Å²) in [5.41, 5.74) is 1.60. The molecule has 2 N–H and O–H groups in total. The van der Waals surface area contributed by atoms with Crippen LogP contribution in [0.5, 0.6) is 0 Å². The van der Waals surface area contributed by atoms with Crippen molar-refractivity contribution in [3.05, 3.63) is 30.3 Å². The molecule has 1 aliphatic carbocycles. The quantitative estimate of drug-likeness (QED) is 0.760. The molecule has 0 atom stereocenters. The first-order valence-electron chi connectivity index (χ1n) is 6.82. The van der Waals surface area contributed by atoms with Gasteiger partial charge in [0.1, 0.15) is 0 Å². The molecule has 0 amide bonds. The van der Waals surface area contributed by atoms with Crippen molar-refractivity contribution in [1.29, 1.82) is 0 Å². The Kier molecular flexibility index (Phi) is 4.43. The third kappa shape index (κ3) is 4.04. The van der Waals surface area contributed by atoms with E-state index < -0.39 is 0 Å². The van der Waals surface area contributed by atoms with E-state index in [-0.39, 0.29) is 0 Å². The van der Waals surface area contributed by atoms with Crippen molar-refractivity contribution in [2.45, 2.75) is 44.6 Å². The minimum atomic E-state index is 0.386. The van der Waals surface area contributed by atoms with E-state index in [9.17, 15) is 0 Å². The summed E-state index contributed by atoms with van der Waals surface area (Å²) in [6, 6.07) is 10.4. The van der Waals surface area contributed by atoms with E-state index >= 15 is 0 Å². The van der Waals surface area contributed by atoms with Gasteiger partial charge in [-0.15, -0.1) is 0 Å². The van der Waals surface area contributed by atoms with Gasteiger partial charge in [0.15, 0.2) is 0 Å². The maximum Gasteiger partial charge on any atom is 0.0340 e. The highest BCUT2D eigenvalue weighted by atomic mass is 15.0. The molecule has 1 fully saturated rings. The Morgan fingerprint density at radius 3 is 2.41 bits per heavy atom. The molecule has 0 unspecified atom stereocenters. The van der Waals surface area contributed by atoms with Gasteiger partial charge in [0, 0.05) is 24.3 Å².